The number of unbranched alkanes of at least 4 members (excludes halogenated alkanes) is 1. The number of nitrogens with one attached hydrogen (secondary N) is 2. The molecule has 0 spiro atoms. The normalized spacial score (nSPS) is 13.2. The maximum atomic E-state index is 11.4. The Morgan fingerprint density at radius 2 is 2.12 bits per heavy atom. The number of hydrogen-bond acceptors (Lipinski definition) is 2. The van der Waals surface area contributed by atoms with E-state index < -0.39 is 18.0 Å². The number of carbonyl (C=O) groups excluding carboxylic acids is 1. The molecule has 0 rings (SSSR count). The third-order valence-corrected chi connectivity index (χ3v) is 2.55. The first-order valence-corrected chi connectivity index (χ1v) is 5.73. The minimum absolute atomic E-state index is 0.107. The first-order valence-electron chi connectivity index (χ1n) is 5.73. The van der Waals surface area contributed by atoms with Crippen LogP contribution in [0.1, 0.15) is 33.1 Å². The Labute approximate surface area is 102 Å². The lowest BCUT2D eigenvalue weighted by molar-refractivity contribution is -0.140. The Bertz CT molecular complexity index is 297. The van der Waals surface area contributed by atoms with E-state index in [-0.39, 0.29) is 5.92 Å². The topological polar surface area (TPSA) is 78.4 Å². The van der Waals surface area contributed by atoms with E-state index >= 15 is 0 Å². The van der Waals surface area contributed by atoms with E-state index in [0.29, 0.717) is 25.8 Å². The van der Waals surface area contributed by atoms with Gasteiger partial charge in [-0.2, -0.15) is 0 Å². The van der Waals surface area contributed by atoms with Gasteiger partial charge in [-0.15, -0.1) is 12.3 Å². The molecule has 1 unspecified atom stereocenters. The largest absolute Gasteiger partial charge is 0.480 e. The van der Waals surface area contributed by atoms with E-state index in [1.54, 1.807) is 6.92 Å². The van der Waals surface area contributed by atoms with Crippen LogP contribution in [0.5, 0.6) is 0 Å². The monoisotopic (exact) mass is 240 g/mol. The van der Waals surface area contributed by atoms with Crippen molar-refractivity contribution in [1.29, 1.82) is 0 Å². The predicted molar refractivity (Wildman–Crippen MR) is 65.5 cm³/mol. The van der Waals surface area contributed by atoms with Crippen LogP contribution in [-0.4, -0.2) is 29.7 Å². The van der Waals surface area contributed by atoms with E-state index in [4.69, 9.17) is 11.5 Å². The van der Waals surface area contributed by atoms with Crippen LogP contribution in [0.25, 0.3) is 0 Å². The number of carbonyl (C=O) groups is 2. The zero-order valence-electron chi connectivity index (χ0n) is 10.3. The fourth-order valence-corrected chi connectivity index (χ4v) is 1.27. The number of aliphatic carboxylic acids is 1. The lowest BCUT2D eigenvalue weighted by atomic mass is 9.99. The molecule has 0 heterocycles. The number of terminal acetylenes is 1. The molecule has 96 valence electrons. The summed E-state index contributed by atoms with van der Waals surface area (Å²) in [6.45, 7) is 4.12. The van der Waals surface area contributed by atoms with Gasteiger partial charge in [0.25, 0.3) is 0 Å². The molecule has 2 atom stereocenters. The molecule has 0 radical (unpaired) electrons. The number of rotatable bonds is 7. The van der Waals surface area contributed by atoms with Crippen LogP contribution in [-0.2, 0) is 4.79 Å². The molecular formula is C12H20N2O3. The molecule has 5 nitrogen and oxygen atoms in total. The third kappa shape index (κ3) is 6.46. The van der Waals surface area contributed by atoms with E-state index in [1.165, 1.54) is 0 Å². The summed E-state index contributed by atoms with van der Waals surface area (Å²) in [6, 6.07) is -1.32. The van der Waals surface area contributed by atoms with E-state index in [0.717, 1.165) is 0 Å². The number of urea groups is 1. The summed E-state index contributed by atoms with van der Waals surface area (Å²) in [4.78, 5) is 22.3. The zero-order valence-corrected chi connectivity index (χ0v) is 10.3. The Balaban J connectivity index is 4.05. The molecule has 3 N–H and O–H groups in total. The standard InChI is InChI=1S/C12H20N2O3/c1-4-6-7-8-13-12(17)14-10(11(15)16)9(3)5-2/h1,9-10H,5-8H2,2-3H3,(H,15,16)(H2,13,14,17)/t9?,10-/m0/s1. The Kier molecular flexibility index (Phi) is 7.61. The first kappa shape index (κ1) is 15.3. The SMILES string of the molecule is C#CCCCNC(=O)N[C@H](C(=O)O)C(C)CC. The van der Waals surface area contributed by atoms with Gasteiger partial charge < -0.3 is 15.7 Å². The summed E-state index contributed by atoms with van der Waals surface area (Å²) in [5, 5.41) is 14.0. The second-order valence-corrected chi connectivity index (χ2v) is 3.91. The van der Waals surface area contributed by atoms with Gasteiger partial charge in [0.05, 0.1) is 0 Å². The highest BCUT2D eigenvalue weighted by Crippen LogP contribution is 2.07. The molecule has 0 aliphatic heterocycles. The quantitative estimate of drug-likeness (QED) is 0.462. The zero-order chi connectivity index (χ0) is 13.3. The van der Waals surface area contributed by atoms with Crippen molar-refractivity contribution in [3.63, 3.8) is 0 Å². The van der Waals surface area contributed by atoms with Gasteiger partial charge in [0, 0.05) is 13.0 Å². The minimum atomic E-state index is -1.02. The number of carboxylic acids is 1. The van der Waals surface area contributed by atoms with Crippen LogP contribution in [0.15, 0.2) is 0 Å². The summed E-state index contributed by atoms with van der Waals surface area (Å²) in [5.74, 6) is 1.34. The van der Waals surface area contributed by atoms with Gasteiger partial charge in [-0.3, -0.25) is 0 Å². The molecule has 0 saturated carbocycles. The fourth-order valence-electron chi connectivity index (χ4n) is 1.27. The van der Waals surface area contributed by atoms with Crippen molar-refractivity contribution in [3.8, 4) is 12.3 Å². The third-order valence-electron chi connectivity index (χ3n) is 2.55. The highest BCUT2D eigenvalue weighted by molar-refractivity contribution is 5.82. The molecule has 0 aromatic heterocycles. The minimum Gasteiger partial charge on any atom is -0.480 e. The van der Waals surface area contributed by atoms with Gasteiger partial charge in [0.2, 0.25) is 0 Å². The van der Waals surface area contributed by atoms with Crippen molar-refractivity contribution in [2.45, 2.75) is 39.2 Å². The molecule has 0 aromatic rings. The van der Waals surface area contributed by atoms with Gasteiger partial charge >= 0.3 is 12.0 Å². The molecule has 0 aromatic carbocycles. The predicted octanol–water partition coefficient (Wildman–Crippen LogP) is 1.20. The van der Waals surface area contributed by atoms with Gasteiger partial charge in [0.1, 0.15) is 6.04 Å². The van der Waals surface area contributed by atoms with Crippen LogP contribution in [0.4, 0.5) is 4.79 Å². The van der Waals surface area contributed by atoms with Crippen LogP contribution in [0.2, 0.25) is 0 Å². The summed E-state index contributed by atoms with van der Waals surface area (Å²) in [5.41, 5.74) is 0. The smallest absolute Gasteiger partial charge is 0.326 e. The summed E-state index contributed by atoms with van der Waals surface area (Å²) in [7, 11) is 0. The van der Waals surface area contributed by atoms with Crippen LogP contribution in [0, 0.1) is 18.3 Å². The summed E-state index contributed by atoms with van der Waals surface area (Å²) < 4.78 is 0. The second-order valence-electron chi connectivity index (χ2n) is 3.91. The Morgan fingerprint density at radius 1 is 1.47 bits per heavy atom. The van der Waals surface area contributed by atoms with Crippen molar-refractivity contribution >= 4 is 12.0 Å². The average molecular weight is 240 g/mol. The molecule has 2 amide bonds. The van der Waals surface area contributed by atoms with E-state index in [2.05, 4.69) is 16.6 Å². The average Bonchev–Trinajstić information content (AvgIpc) is 2.30. The van der Waals surface area contributed by atoms with E-state index in [9.17, 15) is 9.59 Å². The number of carboxylic acid groups (broad SMARTS) is 1. The molecule has 0 aliphatic carbocycles. The van der Waals surface area contributed by atoms with Crippen LogP contribution >= 0.6 is 0 Å². The molecule has 0 fully saturated rings. The van der Waals surface area contributed by atoms with Gasteiger partial charge in [-0.1, -0.05) is 20.3 Å². The number of amides is 2. The van der Waals surface area contributed by atoms with Gasteiger partial charge in [0.15, 0.2) is 0 Å². The van der Waals surface area contributed by atoms with Crippen LogP contribution < -0.4 is 10.6 Å². The molecule has 0 saturated heterocycles. The Hall–Kier alpha value is -1.70. The van der Waals surface area contributed by atoms with Crippen molar-refractivity contribution in [1.82, 2.24) is 10.6 Å². The molecular weight excluding hydrogens is 220 g/mol. The van der Waals surface area contributed by atoms with Crippen molar-refractivity contribution in [3.05, 3.63) is 0 Å². The summed E-state index contributed by atoms with van der Waals surface area (Å²) in [6.07, 6.45) is 7.03. The molecule has 0 bridgehead atoms. The maximum Gasteiger partial charge on any atom is 0.326 e. The maximum absolute atomic E-state index is 11.4. The highest BCUT2D eigenvalue weighted by atomic mass is 16.4. The van der Waals surface area contributed by atoms with E-state index in [1.807, 2.05) is 6.92 Å². The van der Waals surface area contributed by atoms with Gasteiger partial charge in [-0.25, -0.2) is 9.59 Å². The second kappa shape index (κ2) is 8.45. The lowest BCUT2D eigenvalue weighted by Gasteiger charge is -2.20. The van der Waals surface area contributed by atoms with Gasteiger partial charge in [-0.05, 0) is 12.3 Å². The summed E-state index contributed by atoms with van der Waals surface area (Å²) >= 11 is 0. The van der Waals surface area contributed by atoms with Crippen LogP contribution in [0.3, 0.4) is 0 Å². The molecule has 17 heavy (non-hydrogen) atoms. The fraction of sp³-hybridized carbons (Fsp3) is 0.667. The highest BCUT2D eigenvalue weighted by Gasteiger charge is 2.24. The molecule has 5 heteroatoms. The van der Waals surface area contributed by atoms with Crippen molar-refractivity contribution < 1.29 is 14.7 Å². The van der Waals surface area contributed by atoms with Crippen molar-refractivity contribution in [2.75, 3.05) is 6.54 Å². The van der Waals surface area contributed by atoms with Crippen molar-refractivity contribution in [2.24, 2.45) is 5.92 Å². The Morgan fingerprint density at radius 3 is 2.59 bits per heavy atom. The number of hydrogen-bond donors (Lipinski definition) is 3. The first-order chi connectivity index (χ1) is 8.02. The molecule has 0 aliphatic rings. The lowest BCUT2D eigenvalue weighted by Crippen LogP contribution is -2.49.